The van der Waals surface area contributed by atoms with Crippen molar-refractivity contribution < 1.29 is 14.7 Å². The Bertz CT molecular complexity index is 378. The molecule has 6 nitrogen and oxygen atoms in total. The van der Waals surface area contributed by atoms with Crippen LogP contribution in [0.2, 0.25) is 0 Å². The van der Waals surface area contributed by atoms with Gasteiger partial charge in [-0.05, 0) is 12.8 Å². The predicted octanol–water partition coefficient (Wildman–Crippen LogP) is -0.0408. The Morgan fingerprint density at radius 1 is 1.38 bits per heavy atom. The molecule has 1 aromatic heterocycles. The average Bonchev–Trinajstić information content (AvgIpc) is 2.63. The van der Waals surface area contributed by atoms with Gasteiger partial charge in [0.25, 0.3) is 0 Å². The molecule has 7 heteroatoms. The van der Waals surface area contributed by atoms with E-state index in [4.69, 9.17) is 0 Å². The lowest BCUT2D eigenvalue weighted by molar-refractivity contribution is -0.305. The molecular formula is C9H12N3O3S-. The van der Waals surface area contributed by atoms with Crippen LogP contribution in [-0.2, 0) is 16.0 Å². The number of nitrogens with one attached hydrogen (secondary N) is 1. The Kier molecular flexibility index (Phi) is 4.84. The third-order valence-corrected chi connectivity index (χ3v) is 2.63. The van der Waals surface area contributed by atoms with E-state index in [1.807, 2.05) is 6.92 Å². The van der Waals surface area contributed by atoms with Crippen molar-refractivity contribution in [3.63, 3.8) is 0 Å². The molecule has 88 valence electrons. The van der Waals surface area contributed by atoms with Crippen LogP contribution in [0.4, 0.5) is 5.13 Å². The van der Waals surface area contributed by atoms with Gasteiger partial charge in [-0.25, -0.2) is 0 Å². The van der Waals surface area contributed by atoms with Crippen LogP contribution in [-0.4, -0.2) is 22.1 Å². The zero-order valence-electron chi connectivity index (χ0n) is 8.86. The number of anilines is 1. The van der Waals surface area contributed by atoms with Crippen molar-refractivity contribution >= 4 is 28.3 Å². The molecule has 0 spiro atoms. The zero-order chi connectivity index (χ0) is 12.0. The molecule has 0 atom stereocenters. The predicted molar refractivity (Wildman–Crippen MR) is 56.8 cm³/mol. The van der Waals surface area contributed by atoms with E-state index in [1.165, 1.54) is 11.3 Å². The van der Waals surface area contributed by atoms with Crippen LogP contribution in [0, 0.1) is 0 Å². The van der Waals surface area contributed by atoms with Gasteiger partial charge in [-0.3, -0.25) is 4.79 Å². The maximum atomic E-state index is 11.2. The van der Waals surface area contributed by atoms with Gasteiger partial charge >= 0.3 is 0 Å². The summed E-state index contributed by atoms with van der Waals surface area (Å²) in [5.41, 5.74) is 0. The third kappa shape index (κ3) is 4.35. The lowest BCUT2D eigenvalue weighted by Gasteiger charge is -2.01. The lowest BCUT2D eigenvalue weighted by atomic mass is 10.3. The smallest absolute Gasteiger partial charge is 0.226 e. The number of nitrogens with zero attached hydrogens (tertiary/aromatic N) is 2. The van der Waals surface area contributed by atoms with Crippen molar-refractivity contribution in [2.75, 3.05) is 5.32 Å². The van der Waals surface area contributed by atoms with Crippen LogP contribution in [0.1, 0.15) is 31.2 Å². The molecule has 1 aromatic rings. The van der Waals surface area contributed by atoms with Gasteiger partial charge in [0.1, 0.15) is 5.01 Å². The normalized spacial score (nSPS) is 10.1. The third-order valence-electron chi connectivity index (χ3n) is 1.73. The molecule has 0 aliphatic heterocycles. The van der Waals surface area contributed by atoms with Gasteiger partial charge in [0, 0.05) is 18.8 Å². The summed E-state index contributed by atoms with van der Waals surface area (Å²) in [7, 11) is 0. The molecule has 0 aliphatic rings. The second-order valence-corrected chi connectivity index (χ2v) is 4.23. The Hall–Kier alpha value is -1.50. The fourth-order valence-corrected chi connectivity index (χ4v) is 1.87. The van der Waals surface area contributed by atoms with E-state index in [0.717, 1.165) is 17.8 Å². The highest BCUT2D eigenvalue weighted by atomic mass is 32.1. The summed E-state index contributed by atoms with van der Waals surface area (Å²) in [6.45, 7) is 2.03. The molecule has 0 unspecified atom stereocenters. The highest BCUT2D eigenvalue weighted by Crippen LogP contribution is 2.16. The highest BCUT2D eigenvalue weighted by Gasteiger charge is 2.07. The topological polar surface area (TPSA) is 95.0 Å². The maximum absolute atomic E-state index is 11.2. The molecule has 1 amide bonds. The summed E-state index contributed by atoms with van der Waals surface area (Å²) in [4.78, 5) is 21.3. The second-order valence-electron chi connectivity index (χ2n) is 3.17. The molecule has 0 radical (unpaired) electrons. The van der Waals surface area contributed by atoms with E-state index >= 15 is 0 Å². The minimum atomic E-state index is -1.24. The number of amides is 1. The van der Waals surface area contributed by atoms with Crippen LogP contribution < -0.4 is 10.4 Å². The standard InChI is InChI=1S/C9H13N3O3S/c1-2-3-7-11-12-9(16-7)10-6(13)4-5-8(14)15/h2-5H2,1H3,(H,14,15)(H,10,12,13)/p-1. The number of rotatable bonds is 6. The van der Waals surface area contributed by atoms with E-state index in [0.29, 0.717) is 5.13 Å². The monoisotopic (exact) mass is 242 g/mol. The number of aromatic nitrogens is 2. The van der Waals surface area contributed by atoms with Gasteiger partial charge in [-0.1, -0.05) is 18.3 Å². The first-order valence-corrected chi connectivity index (χ1v) is 5.75. The van der Waals surface area contributed by atoms with Crippen molar-refractivity contribution in [3.8, 4) is 0 Å². The van der Waals surface area contributed by atoms with E-state index in [2.05, 4.69) is 15.5 Å². The largest absolute Gasteiger partial charge is 0.550 e. The summed E-state index contributed by atoms with van der Waals surface area (Å²) in [6.07, 6.45) is 1.40. The Morgan fingerprint density at radius 3 is 2.75 bits per heavy atom. The van der Waals surface area contributed by atoms with Crippen LogP contribution in [0.5, 0.6) is 0 Å². The second kappa shape index (κ2) is 6.16. The molecular weight excluding hydrogens is 230 g/mol. The number of carboxylic acid groups (broad SMARTS) is 1. The van der Waals surface area contributed by atoms with E-state index in [1.54, 1.807) is 0 Å². The molecule has 1 rings (SSSR count). The number of carbonyl (C=O) groups is 2. The van der Waals surface area contributed by atoms with Gasteiger partial charge in [-0.15, -0.1) is 10.2 Å². The quantitative estimate of drug-likeness (QED) is 0.755. The zero-order valence-corrected chi connectivity index (χ0v) is 9.67. The van der Waals surface area contributed by atoms with E-state index in [9.17, 15) is 14.7 Å². The van der Waals surface area contributed by atoms with Crippen LogP contribution in [0.15, 0.2) is 0 Å². The van der Waals surface area contributed by atoms with Gasteiger partial charge in [0.05, 0.1) is 0 Å². The molecule has 0 saturated carbocycles. The van der Waals surface area contributed by atoms with Crippen LogP contribution in [0.3, 0.4) is 0 Å². The summed E-state index contributed by atoms with van der Waals surface area (Å²) in [5.74, 6) is -1.62. The molecule has 0 saturated heterocycles. The van der Waals surface area contributed by atoms with Gasteiger partial charge in [0.15, 0.2) is 0 Å². The van der Waals surface area contributed by atoms with Crippen molar-refractivity contribution in [2.45, 2.75) is 32.6 Å². The highest BCUT2D eigenvalue weighted by molar-refractivity contribution is 7.15. The lowest BCUT2D eigenvalue weighted by Crippen LogP contribution is -2.24. The van der Waals surface area contributed by atoms with E-state index in [-0.39, 0.29) is 18.7 Å². The summed E-state index contributed by atoms with van der Waals surface area (Å²) < 4.78 is 0. The summed E-state index contributed by atoms with van der Waals surface area (Å²) in [6, 6.07) is 0. The molecule has 0 bridgehead atoms. The Labute approximate surface area is 96.7 Å². The Balaban J connectivity index is 2.40. The molecule has 16 heavy (non-hydrogen) atoms. The van der Waals surface area contributed by atoms with Crippen molar-refractivity contribution in [1.82, 2.24) is 10.2 Å². The Morgan fingerprint density at radius 2 is 2.12 bits per heavy atom. The number of hydrogen-bond donors (Lipinski definition) is 1. The molecule has 1 heterocycles. The first-order valence-electron chi connectivity index (χ1n) is 4.94. The number of carbonyl (C=O) groups excluding carboxylic acids is 2. The number of carboxylic acids is 1. The van der Waals surface area contributed by atoms with Gasteiger partial charge < -0.3 is 15.2 Å². The SMILES string of the molecule is CCCc1nnc(NC(=O)CCC(=O)[O-])s1. The first-order chi connectivity index (χ1) is 7.61. The van der Waals surface area contributed by atoms with Gasteiger partial charge in [0.2, 0.25) is 11.0 Å². The fourth-order valence-electron chi connectivity index (χ4n) is 1.02. The van der Waals surface area contributed by atoms with Crippen molar-refractivity contribution in [2.24, 2.45) is 0 Å². The van der Waals surface area contributed by atoms with Crippen LogP contribution >= 0.6 is 11.3 Å². The number of hydrogen-bond acceptors (Lipinski definition) is 6. The first kappa shape index (κ1) is 12.6. The minimum Gasteiger partial charge on any atom is -0.550 e. The number of aliphatic carboxylic acids is 1. The van der Waals surface area contributed by atoms with Crippen LogP contribution in [0.25, 0.3) is 0 Å². The van der Waals surface area contributed by atoms with Gasteiger partial charge in [-0.2, -0.15) is 0 Å². The molecule has 1 N–H and O–H groups in total. The summed E-state index contributed by atoms with van der Waals surface area (Å²) >= 11 is 1.30. The van der Waals surface area contributed by atoms with Crippen molar-refractivity contribution in [3.05, 3.63) is 5.01 Å². The minimum absolute atomic E-state index is 0.106. The number of aryl methyl sites for hydroxylation is 1. The fraction of sp³-hybridized carbons (Fsp3) is 0.556. The van der Waals surface area contributed by atoms with Crippen molar-refractivity contribution in [1.29, 1.82) is 0 Å². The molecule has 0 aromatic carbocycles. The average molecular weight is 242 g/mol. The van der Waals surface area contributed by atoms with E-state index < -0.39 is 5.97 Å². The molecule has 0 fully saturated rings. The maximum Gasteiger partial charge on any atom is 0.226 e. The molecule has 0 aliphatic carbocycles. The summed E-state index contributed by atoms with van der Waals surface area (Å²) in [5, 5.41) is 21.5.